The smallest absolute Gasteiger partial charge is 0.183 e. The Morgan fingerprint density at radius 1 is 1.39 bits per heavy atom. The van der Waals surface area contributed by atoms with Gasteiger partial charge in [-0.05, 0) is 45.6 Å². The first-order valence-corrected chi connectivity index (χ1v) is 7.21. The van der Waals surface area contributed by atoms with Crippen molar-refractivity contribution in [3.63, 3.8) is 0 Å². The van der Waals surface area contributed by atoms with Crippen molar-refractivity contribution < 1.29 is 0 Å². The van der Waals surface area contributed by atoms with Crippen LogP contribution in [0.4, 0.5) is 5.13 Å². The van der Waals surface area contributed by atoms with Crippen molar-refractivity contribution in [3.05, 3.63) is 22.7 Å². The number of hydrogen-bond acceptors (Lipinski definition) is 4. The predicted molar refractivity (Wildman–Crippen MR) is 81.0 cm³/mol. The Bertz CT molecular complexity index is 497. The molecule has 1 heterocycles. The van der Waals surface area contributed by atoms with Gasteiger partial charge in [0.25, 0.3) is 0 Å². The van der Waals surface area contributed by atoms with Gasteiger partial charge < -0.3 is 10.2 Å². The van der Waals surface area contributed by atoms with E-state index in [0.29, 0.717) is 0 Å². The van der Waals surface area contributed by atoms with E-state index >= 15 is 0 Å². The molecule has 0 unspecified atom stereocenters. The molecule has 0 atom stereocenters. The van der Waals surface area contributed by atoms with Crippen LogP contribution in [0.25, 0.3) is 10.2 Å². The molecule has 0 aliphatic heterocycles. The van der Waals surface area contributed by atoms with Gasteiger partial charge in [-0.1, -0.05) is 29.0 Å². The van der Waals surface area contributed by atoms with Crippen molar-refractivity contribution in [2.24, 2.45) is 0 Å². The number of nitrogens with one attached hydrogen (secondary N) is 1. The fraction of sp³-hybridized carbons (Fsp3) is 0.462. The van der Waals surface area contributed by atoms with Gasteiger partial charge in [0.15, 0.2) is 5.13 Å². The molecule has 0 aliphatic carbocycles. The summed E-state index contributed by atoms with van der Waals surface area (Å²) in [6, 6.07) is 3.95. The lowest BCUT2D eigenvalue weighted by Gasteiger charge is -2.08. The Kier molecular flexibility index (Phi) is 4.43. The number of rotatable bonds is 5. The zero-order chi connectivity index (χ0) is 13.1. The normalized spacial score (nSPS) is 11.4. The highest BCUT2D eigenvalue weighted by molar-refractivity contribution is 7.22. The third kappa shape index (κ3) is 3.13. The molecule has 0 spiro atoms. The van der Waals surface area contributed by atoms with Gasteiger partial charge in [0, 0.05) is 6.54 Å². The molecular formula is C13H18ClN3S. The molecule has 5 heteroatoms. The van der Waals surface area contributed by atoms with Crippen LogP contribution in [0.15, 0.2) is 12.1 Å². The molecule has 0 aliphatic rings. The summed E-state index contributed by atoms with van der Waals surface area (Å²) in [5.41, 5.74) is 2.19. The van der Waals surface area contributed by atoms with Gasteiger partial charge in [-0.3, -0.25) is 0 Å². The molecule has 1 N–H and O–H groups in total. The number of aryl methyl sites for hydroxylation is 1. The maximum Gasteiger partial charge on any atom is 0.183 e. The highest BCUT2D eigenvalue weighted by Crippen LogP contribution is 2.33. The zero-order valence-corrected chi connectivity index (χ0v) is 12.5. The molecule has 0 radical (unpaired) electrons. The summed E-state index contributed by atoms with van der Waals surface area (Å²) in [7, 11) is 4.17. The summed E-state index contributed by atoms with van der Waals surface area (Å²) in [5.74, 6) is 0. The topological polar surface area (TPSA) is 28.2 Å². The molecule has 0 bridgehead atoms. The number of hydrogen-bond donors (Lipinski definition) is 1. The summed E-state index contributed by atoms with van der Waals surface area (Å²) in [4.78, 5) is 6.78. The van der Waals surface area contributed by atoms with Gasteiger partial charge >= 0.3 is 0 Å². The van der Waals surface area contributed by atoms with Crippen LogP contribution in [0, 0.1) is 6.92 Å². The van der Waals surface area contributed by atoms with Gasteiger partial charge in [-0.25, -0.2) is 4.98 Å². The second kappa shape index (κ2) is 5.87. The quantitative estimate of drug-likeness (QED) is 0.850. The van der Waals surface area contributed by atoms with Crippen molar-refractivity contribution in [2.75, 3.05) is 32.5 Å². The van der Waals surface area contributed by atoms with E-state index < -0.39 is 0 Å². The molecule has 3 nitrogen and oxygen atoms in total. The third-order valence-corrected chi connectivity index (χ3v) is 4.23. The van der Waals surface area contributed by atoms with Crippen molar-refractivity contribution >= 4 is 38.3 Å². The molecule has 2 aromatic rings. The number of anilines is 1. The lowest BCUT2D eigenvalue weighted by atomic mass is 10.2. The predicted octanol–water partition coefficient (Wildman–Crippen LogP) is 3.62. The van der Waals surface area contributed by atoms with E-state index in [-0.39, 0.29) is 0 Å². The second-order valence-electron chi connectivity index (χ2n) is 4.64. The van der Waals surface area contributed by atoms with Crippen molar-refractivity contribution in [1.82, 2.24) is 9.88 Å². The Hall–Kier alpha value is -0.840. The van der Waals surface area contributed by atoms with Gasteiger partial charge in [-0.2, -0.15) is 0 Å². The molecule has 2 rings (SSSR count). The van der Waals surface area contributed by atoms with Crippen LogP contribution < -0.4 is 5.32 Å². The minimum absolute atomic E-state index is 0.787. The molecular weight excluding hydrogens is 266 g/mol. The fourth-order valence-corrected chi connectivity index (χ4v) is 3.01. The minimum atomic E-state index is 0.787. The van der Waals surface area contributed by atoms with Gasteiger partial charge in [0.2, 0.25) is 0 Å². The minimum Gasteiger partial charge on any atom is -0.361 e. The van der Waals surface area contributed by atoms with Crippen molar-refractivity contribution in [2.45, 2.75) is 13.3 Å². The van der Waals surface area contributed by atoms with E-state index in [1.54, 1.807) is 11.3 Å². The van der Waals surface area contributed by atoms with Crippen LogP contribution in [0.2, 0.25) is 5.02 Å². The summed E-state index contributed by atoms with van der Waals surface area (Å²) < 4.78 is 1.08. The van der Waals surface area contributed by atoms with Gasteiger partial charge in [-0.15, -0.1) is 0 Å². The van der Waals surface area contributed by atoms with Gasteiger partial charge in [0.1, 0.15) is 0 Å². The summed E-state index contributed by atoms with van der Waals surface area (Å²) in [6.07, 6.45) is 1.11. The highest BCUT2D eigenvalue weighted by Gasteiger charge is 2.08. The Labute approximate surface area is 117 Å². The number of benzene rings is 1. The molecule has 0 saturated carbocycles. The van der Waals surface area contributed by atoms with Crippen LogP contribution in [0.1, 0.15) is 12.0 Å². The Balaban J connectivity index is 2.06. The van der Waals surface area contributed by atoms with E-state index in [1.165, 1.54) is 5.56 Å². The van der Waals surface area contributed by atoms with Crippen molar-refractivity contribution in [3.8, 4) is 0 Å². The zero-order valence-electron chi connectivity index (χ0n) is 11.0. The number of nitrogens with zero attached hydrogens (tertiary/aromatic N) is 2. The molecule has 1 aromatic heterocycles. The van der Waals surface area contributed by atoms with E-state index in [2.05, 4.69) is 36.2 Å². The third-order valence-electron chi connectivity index (χ3n) is 2.76. The largest absolute Gasteiger partial charge is 0.361 e. The van der Waals surface area contributed by atoms with Crippen LogP contribution in [0.3, 0.4) is 0 Å². The molecule has 98 valence electrons. The average molecular weight is 284 g/mol. The van der Waals surface area contributed by atoms with E-state index in [9.17, 15) is 0 Å². The summed E-state index contributed by atoms with van der Waals surface area (Å²) >= 11 is 7.81. The van der Waals surface area contributed by atoms with Gasteiger partial charge in [0.05, 0.1) is 15.2 Å². The van der Waals surface area contributed by atoms with Crippen LogP contribution in [0.5, 0.6) is 0 Å². The first-order chi connectivity index (χ1) is 8.58. The monoisotopic (exact) mass is 283 g/mol. The van der Waals surface area contributed by atoms with Crippen LogP contribution >= 0.6 is 22.9 Å². The number of halogens is 1. The summed E-state index contributed by atoms with van der Waals surface area (Å²) in [6.45, 7) is 4.08. The highest BCUT2D eigenvalue weighted by atomic mass is 35.5. The molecule has 0 saturated heterocycles. The van der Waals surface area contributed by atoms with E-state index in [4.69, 9.17) is 11.6 Å². The lowest BCUT2D eigenvalue weighted by Crippen LogP contribution is -2.16. The Morgan fingerprint density at radius 2 is 2.17 bits per heavy atom. The standard InChI is InChI=1S/C13H18ClN3S/c1-9-5-6-10(14)12-11(9)16-13(18-12)15-7-4-8-17(2)3/h5-6H,4,7-8H2,1-3H3,(H,15,16). The molecule has 18 heavy (non-hydrogen) atoms. The lowest BCUT2D eigenvalue weighted by molar-refractivity contribution is 0.405. The molecule has 0 amide bonds. The van der Waals surface area contributed by atoms with E-state index in [1.807, 2.05) is 12.1 Å². The number of aromatic nitrogens is 1. The molecule has 1 aromatic carbocycles. The maximum atomic E-state index is 6.18. The first kappa shape index (κ1) is 13.6. The Morgan fingerprint density at radius 3 is 2.83 bits per heavy atom. The number of thiazole rings is 1. The average Bonchev–Trinajstić information content (AvgIpc) is 2.75. The second-order valence-corrected chi connectivity index (χ2v) is 6.05. The summed E-state index contributed by atoms with van der Waals surface area (Å²) in [5, 5.41) is 5.11. The van der Waals surface area contributed by atoms with E-state index in [0.717, 1.165) is 39.9 Å². The van der Waals surface area contributed by atoms with Crippen LogP contribution in [-0.4, -0.2) is 37.1 Å². The van der Waals surface area contributed by atoms with Crippen molar-refractivity contribution in [1.29, 1.82) is 0 Å². The molecule has 0 fully saturated rings. The SMILES string of the molecule is Cc1ccc(Cl)c2sc(NCCCN(C)C)nc12. The fourth-order valence-electron chi connectivity index (χ4n) is 1.77. The maximum absolute atomic E-state index is 6.18. The van der Waals surface area contributed by atoms with Crippen LogP contribution in [-0.2, 0) is 0 Å². The first-order valence-electron chi connectivity index (χ1n) is 6.02. The number of fused-ring (bicyclic) bond motifs is 1.